The second-order valence-electron chi connectivity index (χ2n) is 8.91. The summed E-state index contributed by atoms with van der Waals surface area (Å²) in [6.07, 6.45) is 3.58. The zero-order valence-corrected chi connectivity index (χ0v) is 20.5. The molecule has 1 aliphatic rings. The average Bonchev–Trinajstić information content (AvgIpc) is 2.88. The fourth-order valence-corrected chi connectivity index (χ4v) is 5.53. The molecule has 1 fully saturated rings. The lowest BCUT2D eigenvalue weighted by molar-refractivity contribution is 0.478. The molecule has 0 unspecified atom stereocenters. The first-order valence-corrected chi connectivity index (χ1v) is 13.4. The number of rotatable bonds is 7. The van der Waals surface area contributed by atoms with Gasteiger partial charge in [-0.05, 0) is 42.6 Å². The quantitative estimate of drug-likeness (QED) is 0.298. The number of nitrogens with one attached hydrogen (secondary N) is 3. The number of sulfonamides is 1. The van der Waals surface area contributed by atoms with Gasteiger partial charge in [-0.25, -0.2) is 31.6 Å². The van der Waals surface area contributed by atoms with Crippen molar-refractivity contribution in [1.29, 1.82) is 0 Å². The molecule has 0 amide bonds. The van der Waals surface area contributed by atoms with Crippen LogP contribution in [-0.2, 0) is 15.8 Å². The Kier molecular flexibility index (Phi) is 6.98. The maximum absolute atomic E-state index is 15.0. The smallest absolute Gasteiger partial charge is 0.237 e. The molecule has 192 valence electrons. The predicted octanol–water partition coefficient (Wildman–Crippen LogP) is 4.82. The summed E-state index contributed by atoms with van der Waals surface area (Å²) >= 11 is 0. The van der Waals surface area contributed by atoms with Crippen molar-refractivity contribution in [3.05, 3.63) is 83.8 Å². The number of nitrogens with zero attached hydrogens (tertiary/aromatic N) is 2. The van der Waals surface area contributed by atoms with Crippen LogP contribution in [0.3, 0.4) is 0 Å². The van der Waals surface area contributed by atoms with Crippen LogP contribution in [-0.4, -0.2) is 37.5 Å². The van der Waals surface area contributed by atoms with Gasteiger partial charge in [0.2, 0.25) is 16.0 Å². The van der Waals surface area contributed by atoms with E-state index in [1.54, 1.807) is 36.4 Å². The molecule has 0 radical (unpaired) electrons. The first-order valence-electron chi connectivity index (χ1n) is 11.8. The molecule has 11 heteroatoms. The third-order valence-electron chi connectivity index (χ3n) is 6.12. The number of fused-ring (bicyclic) bond motifs is 1. The van der Waals surface area contributed by atoms with Crippen molar-refractivity contribution in [2.45, 2.75) is 24.6 Å². The molecule has 5 rings (SSSR count). The van der Waals surface area contributed by atoms with Crippen LogP contribution in [0.4, 0.5) is 24.8 Å². The van der Waals surface area contributed by atoms with Gasteiger partial charge in [-0.1, -0.05) is 36.4 Å². The average molecular weight is 528 g/mol. The highest BCUT2D eigenvalue weighted by atomic mass is 32.2. The Morgan fingerprint density at radius 2 is 1.84 bits per heavy atom. The molecule has 0 saturated carbocycles. The highest BCUT2D eigenvalue weighted by Gasteiger charge is 2.23. The summed E-state index contributed by atoms with van der Waals surface area (Å²) in [5.41, 5.74) is -0.342. The number of hydrogen-bond donors (Lipinski definition) is 3. The Labute approximate surface area is 212 Å². The molecule has 0 spiro atoms. The first-order chi connectivity index (χ1) is 17.8. The van der Waals surface area contributed by atoms with E-state index in [9.17, 15) is 12.8 Å². The van der Waals surface area contributed by atoms with Gasteiger partial charge in [0.15, 0.2) is 11.6 Å². The van der Waals surface area contributed by atoms with Gasteiger partial charge in [-0.2, -0.15) is 0 Å². The van der Waals surface area contributed by atoms with Crippen molar-refractivity contribution in [2.24, 2.45) is 0 Å². The number of anilines is 2. The van der Waals surface area contributed by atoms with E-state index in [1.165, 1.54) is 18.3 Å². The minimum atomic E-state index is -4.11. The zero-order valence-electron chi connectivity index (χ0n) is 19.6. The van der Waals surface area contributed by atoms with Crippen molar-refractivity contribution in [2.75, 3.05) is 23.1 Å². The number of piperidine rings is 1. The Morgan fingerprint density at radius 1 is 1.03 bits per heavy atom. The van der Waals surface area contributed by atoms with Gasteiger partial charge in [-0.3, -0.25) is 4.72 Å². The molecule has 3 aromatic carbocycles. The Bertz CT molecular complexity index is 1550. The zero-order chi connectivity index (χ0) is 26.0. The molecule has 0 aliphatic carbocycles. The fraction of sp³-hybridized carbons (Fsp3) is 0.231. The summed E-state index contributed by atoms with van der Waals surface area (Å²) in [7, 11) is -4.11. The van der Waals surface area contributed by atoms with Crippen LogP contribution in [0, 0.1) is 17.5 Å². The van der Waals surface area contributed by atoms with Crippen LogP contribution in [0.5, 0.6) is 0 Å². The lowest BCUT2D eigenvalue weighted by atomic mass is 10.0. The molecule has 37 heavy (non-hydrogen) atoms. The molecule has 7 nitrogen and oxygen atoms in total. The second-order valence-corrected chi connectivity index (χ2v) is 10.6. The molecular weight excluding hydrogens is 503 g/mol. The van der Waals surface area contributed by atoms with Crippen LogP contribution in [0.25, 0.3) is 22.0 Å². The monoisotopic (exact) mass is 527 g/mol. The van der Waals surface area contributed by atoms with Gasteiger partial charge in [0, 0.05) is 30.2 Å². The molecule has 1 aliphatic heterocycles. The van der Waals surface area contributed by atoms with Crippen molar-refractivity contribution in [3.63, 3.8) is 0 Å². The third kappa shape index (κ3) is 5.67. The Morgan fingerprint density at radius 3 is 2.59 bits per heavy atom. The molecule has 0 bridgehead atoms. The van der Waals surface area contributed by atoms with Gasteiger partial charge < -0.3 is 10.6 Å². The van der Waals surface area contributed by atoms with Crippen molar-refractivity contribution in [3.8, 4) is 11.1 Å². The topological polar surface area (TPSA) is 96.0 Å². The standard InChI is InChI=1S/C26H24F3N5O2S/c27-20-12-22(34-37(35,36)15-16-5-2-1-3-6-16)24(28)25(29)23(20)17-8-9-21-18(11-17)13-31-26(33-21)32-19-7-4-10-30-14-19/h1-3,5-6,8-9,11-13,19,30,34H,4,7,10,14-15H2,(H,31,32,33)/t19-/m0/s1. The minimum Gasteiger partial charge on any atom is -0.350 e. The van der Waals surface area contributed by atoms with Crippen LogP contribution < -0.4 is 15.4 Å². The van der Waals surface area contributed by atoms with E-state index in [-0.39, 0.29) is 11.6 Å². The molecule has 4 aromatic rings. The second kappa shape index (κ2) is 10.3. The van der Waals surface area contributed by atoms with Gasteiger partial charge in [-0.15, -0.1) is 0 Å². The maximum atomic E-state index is 15.0. The third-order valence-corrected chi connectivity index (χ3v) is 7.37. The fourth-order valence-electron chi connectivity index (χ4n) is 4.35. The highest BCUT2D eigenvalue weighted by molar-refractivity contribution is 7.91. The normalized spacial score (nSPS) is 16.0. The lowest BCUT2D eigenvalue weighted by Gasteiger charge is -2.23. The van der Waals surface area contributed by atoms with E-state index in [0.717, 1.165) is 25.9 Å². The summed E-state index contributed by atoms with van der Waals surface area (Å²) in [4.78, 5) is 8.77. The Hall–Kier alpha value is -3.70. The van der Waals surface area contributed by atoms with E-state index >= 15 is 8.78 Å². The lowest BCUT2D eigenvalue weighted by Crippen LogP contribution is -2.38. The summed E-state index contributed by atoms with van der Waals surface area (Å²) < 4.78 is 71.8. The van der Waals surface area contributed by atoms with Crippen molar-refractivity contribution >= 4 is 32.6 Å². The van der Waals surface area contributed by atoms with Gasteiger partial charge in [0.25, 0.3) is 0 Å². The summed E-state index contributed by atoms with van der Waals surface area (Å²) in [6, 6.07) is 13.5. The van der Waals surface area contributed by atoms with Gasteiger partial charge in [0.05, 0.1) is 22.5 Å². The van der Waals surface area contributed by atoms with E-state index in [4.69, 9.17) is 0 Å². The van der Waals surface area contributed by atoms with E-state index < -0.39 is 44.5 Å². The van der Waals surface area contributed by atoms with Crippen LogP contribution in [0.2, 0.25) is 0 Å². The minimum absolute atomic E-state index is 0.0703. The molecule has 1 aromatic heterocycles. The molecular formula is C26H24F3N5O2S. The largest absolute Gasteiger partial charge is 0.350 e. The molecule has 2 heterocycles. The summed E-state index contributed by atoms with van der Waals surface area (Å²) in [6.45, 7) is 1.79. The molecule has 3 N–H and O–H groups in total. The van der Waals surface area contributed by atoms with Gasteiger partial charge in [0.1, 0.15) is 5.82 Å². The van der Waals surface area contributed by atoms with Crippen LogP contribution in [0.1, 0.15) is 18.4 Å². The van der Waals surface area contributed by atoms with Crippen molar-refractivity contribution < 1.29 is 21.6 Å². The highest BCUT2D eigenvalue weighted by Crippen LogP contribution is 2.34. The Balaban J connectivity index is 1.40. The van der Waals surface area contributed by atoms with Crippen LogP contribution >= 0.6 is 0 Å². The summed E-state index contributed by atoms with van der Waals surface area (Å²) in [5.74, 6) is -4.13. The summed E-state index contributed by atoms with van der Waals surface area (Å²) in [5, 5.41) is 7.09. The van der Waals surface area contributed by atoms with Crippen LogP contribution in [0.15, 0.2) is 60.8 Å². The molecule has 1 saturated heterocycles. The number of benzene rings is 3. The molecule has 1 atom stereocenters. The number of halogens is 3. The SMILES string of the molecule is O=S(=O)(Cc1ccccc1)Nc1cc(F)c(-c2ccc3nc(N[C@H]4CCCNC4)ncc3c2)c(F)c1F. The van der Waals surface area contributed by atoms with E-state index in [2.05, 4.69) is 20.6 Å². The van der Waals surface area contributed by atoms with Crippen molar-refractivity contribution in [1.82, 2.24) is 15.3 Å². The van der Waals surface area contributed by atoms with E-state index in [0.29, 0.717) is 28.5 Å². The van der Waals surface area contributed by atoms with Gasteiger partial charge >= 0.3 is 0 Å². The predicted molar refractivity (Wildman–Crippen MR) is 137 cm³/mol. The first kappa shape index (κ1) is 25.0. The maximum Gasteiger partial charge on any atom is 0.237 e. The number of aromatic nitrogens is 2. The number of hydrogen-bond acceptors (Lipinski definition) is 6. The van der Waals surface area contributed by atoms with E-state index in [1.807, 2.05) is 4.72 Å².